The van der Waals surface area contributed by atoms with E-state index in [4.69, 9.17) is 9.47 Å². The van der Waals surface area contributed by atoms with E-state index < -0.39 is 12.2 Å². The summed E-state index contributed by atoms with van der Waals surface area (Å²) >= 11 is 0. The molecule has 1 aliphatic rings. The van der Waals surface area contributed by atoms with Crippen LogP contribution in [0.5, 0.6) is 5.75 Å². The van der Waals surface area contributed by atoms with E-state index in [2.05, 4.69) is 0 Å². The third-order valence-electron chi connectivity index (χ3n) is 4.26. The van der Waals surface area contributed by atoms with Gasteiger partial charge in [0.25, 0.3) is 0 Å². The van der Waals surface area contributed by atoms with Crippen LogP contribution in [0.4, 0.5) is 0 Å². The maximum absolute atomic E-state index is 12.3. The van der Waals surface area contributed by atoms with Gasteiger partial charge in [-0.3, -0.25) is 19.3 Å². The first-order valence-electron chi connectivity index (χ1n) is 9.06. The molecule has 0 aliphatic carbocycles. The van der Waals surface area contributed by atoms with Crippen LogP contribution in [0.25, 0.3) is 6.08 Å². The molecule has 1 fully saturated rings. The molecule has 0 aromatic heterocycles. The third kappa shape index (κ3) is 4.85. The molecule has 144 valence electrons. The number of carbonyl (C=O) groups is 3. The van der Waals surface area contributed by atoms with Gasteiger partial charge in [0.15, 0.2) is 12.0 Å². The Kier molecular flexibility index (Phi) is 6.22. The fourth-order valence-corrected chi connectivity index (χ4v) is 2.75. The lowest BCUT2D eigenvalue weighted by Gasteiger charge is -2.39. The Morgan fingerprint density at radius 1 is 1.11 bits per heavy atom. The highest BCUT2D eigenvalue weighted by Gasteiger charge is 2.39. The number of allylic oxidation sites excluding steroid dienone is 1. The van der Waals surface area contributed by atoms with E-state index in [0.29, 0.717) is 11.3 Å². The fraction of sp³-hybridized carbons (Fsp3) is 0.227. The molecule has 0 N–H and O–H groups in total. The number of benzene rings is 2. The molecule has 1 saturated heterocycles. The van der Waals surface area contributed by atoms with E-state index in [1.54, 1.807) is 37.3 Å². The largest absolute Gasteiger partial charge is 0.470 e. The van der Waals surface area contributed by atoms with Crippen LogP contribution in [-0.4, -0.2) is 41.9 Å². The van der Waals surface area contributed by atoms with Crippen LogP contribution in [0, 0.1) is 0 Å². The Hall–Kier alpha value is -3.41. The molecule has 2 aromatic rings. The number of β-lactam (4-membered cyclic amide) rings is 1. The summed E-state index contributed by atoms with van der Waals surface area (Å²) in [5, 5.41) is 0. The van der Waals surface area contributed by atoms with Gasteiger partial charge in [-0.25, -0.2) is 0 Å². The quantitative estimate of drug-likeness (QED) is 0.305. The lowest BCUT2D eigenvalue weighted by atomic mass is 10.1. The number of esters is 1. The van der Waals surface area contributed by atoms with E-state index in [-0.39, 0.29) is 31.3 Å². The molecule has 1 amide bonds. The Morgan fingerprint density at radius 3 is 2.46 bits per heavy atom. The molecular formula is C22H21NO5. The predicted octanol–water partition coefficient (Wildman–Crippen LogP) is 3.08. The highest BCUT2D eigenvalue weighted by Crippen LogP contribution is 2.24. The van der Waals surface area contributed by atoms with Crippen molar-refractivity contribution in [3.8, 4) is 5.75 Å². The van der Waals surface area contributed by atoms with Crippen molar-refractivity contribution in [3.63, 3.8) is 0 Å². The van der Waals surface area contributed by atoms with Gasteiger partial charge in [-0.1, -0.05) is 36.4 Å². The molecule has 1 aliphatic heterocycles. The summed E-state index contributed by atoms with van der Waals surface area (Å²) in [6.45, 7) is 1.85. The summed E-state index contributed by atoms with van der Waals surface area (Å²) in [4.78, 5) is 36.8. The number of rotatable bonds is 8. The second-order valence-electron chi connectivity index (χ2n) is 6.24. The van der Waals surface area contributed by atoms with Crippen molar-refractivity contribution >= 4 is 23.7 Å². The standard InChI is InChI=1S/C22H21NO5/c1-2-27-22(26)15-23-20(25)14-21(23)28-18-11-9-17(10-12-18)19(24)13-8-16-6-4-3-5-7-16/h3-13,21H,2,14-15H2,1H3. The topological polar surface area (TPSA) is 72.9 Å². The molecule has 0 bridgehead atoms. The molecule has 3 rings (SSSR count). The first-order chi connectivity index (χ1) is 13.6. The van der Waals surface area contributed by atoms with Gasteiger partial charge in [0.2, 0.25) is 5.91 Å². The molecule has 28 heavy (non-hydrogen) atoms. The number of carbonyl (C=O) groups excluding carboxylic acids is 3. The van der Waals surface area contributed by atoms with Crippen LogP contribution in [-0.2, 0) is 14.3 Å². The van der Waals surface area contributed by atoms with Gasteiger partial charge in [0.1, 0.15) is 12.3 Å². The summed E-state index contributed by atoms with van der Waals surface area (Å²) in [5.41, 5.74) is 1.49. The molecule has 0 radical (unpaired) electrons. The van der Waals surface area contributed by atoms with Gasteiger partial charge < -0.3 is 9.47 Å². The fourth-order valence-electron chi connectivity index (χ4n) is 2.75. The zero-order valence-electron chi connectivity index (χ0n) is 15.5. The maximum Gasteiger partial charge on any atom is 0.325 e. The maximum atomic E-state index is 12.3. The van der Waals surface area contributed by atoms with E-state index in [0.717, 1.165) is 5.56 Å². The number of hydrogen-bond donors (Lipinski definition) is 0. The SMILES string of the molecule is CCOC(=O)CN1C(=O)CC1Oc1ccc(C(=O)C=Cc2ccccc2)cc1. The Balaban J connectivity index is 1.57. The normalized spacial score (nSPS) is 16.0. The molecule has 0 spiro atoms. The molecule has 0 saturated carbocycles. The predicted molar refractivity (Wildman–Crippen MR) is 104 cm³/mol. The lowest BCUT2D eigenvalue weighted by Crippen LogP contribution is -2.57. The number of ether oxygens (including phenoxy) is 2. The highest BCUT2D eigenvalue weighted by molar-refractivity contribution is 6.06. The molecule has 6 heteroatoms. The van der Waals surface area contributed by atoms with Gasteiger partial charge in [-0.05, 0) is 42.8 Å². The summed E-state index contributed by atoms with van der Waals surface area (Å²) in [7, 11) is 0. The summed E-state index contributed by atoms with van der Waals surface area (Å²) in [6, 6.07) is 16.3. The monoisotopic (exact) mass is 379 g/mol. The first kappa shape index (κ1) is 19.4. The molecule has 1 atom stereocenters. The van der Waals surface area contributed by atoms with Gasteiger partial charge in [0, 0.05) is 5.56 Å². The van der Waals surface area contributed by atoms with Crippen LogP contribution < -0.4 is 4.74 Å². The van der Waals surface area contributed by atoms with Crippen molar-refractivity contribution in [1.82, 2.24) is 4.90 Å². The Morgan fingerprint density at radius 2 is 1.82 bits per heavy atom. The summed E-state index contributed by atoms with van der Waals surface area (Å²) in [5.74, 6) is -0.209. The van der Waals surface area contributed by atoms with E-state index in [1.165, 1.54) is 11.0 Å². The van der Waals surface area contributed by atoms with Crippen LogP contribution in [0.1, 0.15) is 29.3 Å². The van der Waals surface area contributed by atoms with Crippen molar-refractivity contribution < 1.29 is 23.9 Å². The van der Waals surface area contributed by atoms with Gasteiger partial charge in [0.05, 0.1) is 13.0 Å². The molecule has 6 nitrogen and oxygen atoms in total. The number of amides is 1. The zero-order chi connectivity index (χ0) is 19.9. The van der Waals surface area contributed by atoms with Gasteiger partial charge >= 0.3 is 5.97 Å². The minimum Gasteiger partial charge on any atom is -0.470 e. The van der Waals surface area contributed by atoms with Crippen molar-refractivity contribution in [1.29, 1.82) is 0 Å². The summed E-state index contributed by atoms with van der Waals surface area (Å²) in [6.07, 6.45) is 2.99. The number of hydrogen-bond acceptors (Lipinski definition) is 5. The van der Waals surface area contributed by atoms with Gasteiger partial charge in [-0.2, -0.15) is 0 Å². The molecule has 1 heterocycles. The Labute approximate surface area is 163 Å². The minimum absolute atomic E-state index is 0.113. The number of nitrogens with zero attached hydrogens (tertiary/aromatic N) is 1. The van der Waals surface area contributed by atoms with Crippen LogP contribution in [0.2, 0.25) is 0 Å². The number of likely N-dealkylation sites (tertiary alicyclic amines) is 1. The van der Waals surface area contributed by atoms with Crippen molar-refractivity contribution in [3.05, 3.63) is 71.8 Å². The number of ketones is 1. The van der Waals surface area contributed by atoms with Crippen molar-refractivity contribution in [2.45, 2.75) is 19.6 Å². The zero-order valence-corrected chi connectivity index (χ0v) is 15.5. The summed E-state index contributed by atoms with van der Waals surface area (Å²) < 4.78 is 10.6. The molecule has 2 aromatic carbocycles. The van der Waals surface area contributed by atoms with Crippen LogP contribution in [0.15, 0.2) is 60.7 Å². The van der Waals surface area contributed by atoms with Crippen LogP contribution in [0.3, 0.4) is 0 Å². The second-order valence-corrected chi connectivity index (χ2v) is 6.24. The van der Waals surface area contributed by atoms with E-state index in [1.807, 2.05) is 30.3 Å². The smallest absolute Gasteiger partial charge is 0.325 e. The third-order valence-corrected chi connectivity index (χ3v) is 4.26. The minimum atomic E-state index is -0.503. The van der Waals surface area contributed by atoms with Crippen LogP contribution >= 0.6 is 0 Å². The van der Waals surface area contributed by atoms with E-state index >= 15 is 0 Å². The van der Waals surface area contributed by atoms with Crippen molar-refractivity contribution in [2.75, 3.05) is 13.2 Å². The molecular weight excluding hydrogens is 358 g/mol. The average molecular weight is 379 g/mol. The Bertz CT molecular complexity index is 874. The van der Waals surface area contributed by atoms with Gasteiger partial charge in [-0.15, -0.1) is 0 Å². The second kappa shape index (κ2) is 8.99. The van der Waals surface area contributed by atoms with Crippen molar-refractivity contribution in [2.24, 2.45) is 0 Å². The molecule has 1 unspecified atom stereocenters. The lowest BCUT2D eigenvalue weighted by molar-refractivity contribution is -0.169. The highest BCUT2D eigenvalue weighted by atomic mass is 16.5. The van der Waals surface area contributed by atoms with E-state index in [9.17, 15) is 14.4 Å². The average Bonchev–Trinajstić information content (AvgIpc) is 2.71. The first-order valence-corrected chi connectivity index (χ1v) is 9.06.